The third-order valence-electron chi connectivity index (χ3n) is 5.45. The maximum absolute atomic E-state index is 10.4. The molecule has 0 aromatic heterocycles. The van der Waals surface area contributed by atoms with E-state index in [2.05, 4.69) is 0 Å². The molecule has 3 rings (SSSR count). The van der Waals surface area contributed by atoms with Crippen LogP contribution in [0.1, 0.15) is 0 Å². The molecule has 2 heterocycles. The van der Waals surface area contributed by atoms with Gasteiger partial charge in [0.05, 0.1) is 27.4 Å². The first kappa shape index (κ1) is 25.7. The fraction of sp³-hybridized carbons (Fsp3) is 0.700. The van der Waals surface area contributed by atoms with Crippen LogP contribution in [-0.4, -0.2) is 120 Å². The lowest BCUT2D eigenvalue weighted by atomic mass is 9.99. The molecule has 188 valence electrons. The van der Waals surface area contributed by atoms with E-state index in [9.17, 15) is 30.6 Å². The van der Waals surface area contributed by atoms with E-state index < -0.39 is 61.9 Å². The van der Waals surface area contributed by atoms with Crippen molar-refractivity contribution in [1.29, 1.82) is 0 Å². The normalized spacial score (nSPS) is 36.8. The van der Waals surface area contributed by atoms with Gasteiger partial charge in [0.15, 0.2) is 23.9 Å². The number of aliphatic hydroxyl groups excluding tert-OH is 6. The van der Waals surface area contributed by atoms with E-state index in [0.717, 1.165) is 0 Å². The van der Waals surface area contributed by atoms with E-state index in [1.54, 1.807) is 0 Å². The highest BCUT2D eigenvalue weighted by molar-refractivity contribution is 5.56. The van der Waals surface area contributed by atoms with Gasteiger partial charge in [-0.05, 0) is 0 Å². The van der Waals surface area contributed by atoms with E-state index in [-0.39, 0.29) is 29.6 Å². The van der Waals surface area contributed by atoms with Crippen LogP contribution in [0.15, 0.2) is 12.1 Å². The van der Waals surface area contributed by atoms with Gasteiger partial charge in [-0.3, -0.25) is 0 Å². The SMILES string of the molecule is COc1cc(OC2OC(CO)C(O)C(O)C2O)cc(OC)c1OC1C(OC)OCC(O)C1O. The molecule has 0 spiro atoms. The lowest BCUT2D eigenvalue weighted by Crippen LogP contribution is -2.60. The Hall–Kier alpha value is -1.94. The maximum Gasteiger partial charge on any atom is 0.229 e. The third-order valence-corrected chi connectivity index (χ3v) is 5.45. The van der Waals surface area contributed by atoms with E-state index in [1.165, 1.54) is 33.5 Å². The minimum Gasteiger partial charge on any atom is -0.493 e. The van der Waals surface area contributed by atoms with Crippen molar-refractivity contribution in [3.63, 3.8) is 0 Å². The van der Waals surface area contributed by atoms with Crippen molar-refractivity contribution in [2.24, 2.45) is 0 Å². The van der Waals surface area contributed by atoms with Gasteiger partial charge in [-0.25, -0.2) is 0 Å². The molecule has 2 saturated heterocycles. The first-order valence-electron chi connectivity index (χ1n) is 10.2. The van der Waals surface area contributed by atoms with Crippen LogP contribution < -0.4 is 18.9 Å². The Bertz CT molecular complexity index is 747. The van der Waals surface area contributed by atoms with Gasteiger partial charge in [0, 0.05) is 19.2 Å². The molecule has 9 unspecified atom stereocenters. The molecule has 2 fully saturated rings. The molecular formula is C20H30O13. The van der Waals surface area contributed by atoms with Gasteiger partial charge in [-0.15, -0.1) is 0 Å². The summed E-state index contributed by atoms with van der Waals surface area (Å²) in [4.78, 5) is 0. The number of aliphatic hydroxyl groups is 6. The monoisotopic (exact) mass is 478 g/mol. The Morgan fingerprint density at radius 3 is 2.03 bits per heavy atom. The Kier molecular flexibility index (Phi) is 8.55. The zero-order valence-electron chi connectivity index (χ0n) is 18.3. The molecule has 0 bridgehead atoms. The number of methoxy groups -OCH3 is 3. The van der Waals surface area contributed by atoms with Crippen molar-refractivity contribution in [2.75, 3.05) is 34.5 Å². The second-order valence-electron chi connectivity index (χ2n) is 7.55. The number of ether oxygens (including phenoxy) is 7. The smallest absolute Gasteiger partial charge is 0.229 e. The summed E-state index contributed by atoms with van der Waals surface area (Å²) in [6.45, 7) is -0.748. The third kappa shape index (κ3) is 5.26. The summed E-state index contributed by atoms with van der Waals surface area (Å²) in [5.74, 6) is 0.307. The van der Waals surface area contributed by atoms with Crippen LogP contribution in [0.2, 0.25) is 0 Å². The first-order valence-corrected chi connectivity index (χ1v) is 10.2. The minimum absolute atomic E-state index is 0.0463. The van der Waals surface area contributed by atoms with Crippen LogP contribution in [0, 0.1) is 0 Å². The fourth-order valence-corrected chi connectivity index (χ4v) is 3.57. The van der Waals surface area contributed by atoms with E-state index in [4.69, 9.17) is 33.2 Å². The van der Waals surface area contributed by atoms with Crippen LogP contribution in [0.5, 0.6) is 23.0 Å². The van der Waals surface area contributed by atoms with Crippen LogP contribution >= 0.6 is 0 Å². The largest absolute Gasteiger partial charge is 0.493 e. The molecule has 0 radical (unpaired) electrons. The second-order valence-corrected chi connectivity index (χ2v) is 7.55. The van der Waals surface area contributed by atoms with Gasteiger partial charge < -0.3 is 63.8 Å². The Labute approximate surface area is 189 Å². The number of rotatable bonds is 8. The van der Waals surface area contributed by atoms with Crippen molar-refractivity contribution < 1.29 is 63.8 Å². The quantitative estimate of drug-likeness (QED) is 0.228. The average molecular weight is 478 g/mol. The predicted octanol–water partition coefficient (Wildman–Crippen LogP) is -2.65. The van der Waals surface area contributed by atoms with E-state index in [1.807, 2.05) is 0 Å². The Balaban J connectivity index is 1.87. The maximum atomic E-state index is 10.4. The fourth-order valence-electron chi connectivity index (χ4n) is 3.57. The second kappa shape index (κ2) is 11.0. The Morgan fingerprint density at radius 2 is 1.48 bits per heavy atom. The van der Waals surface area contributed by atoms with E-state index >= 15 is 0 Å². The molecule has 6 N–H and O–H groups in total. The summed E-state index contributed by atoms with van der Waals surface area (Å²) >= 11 is 0. The van der Waals surface area contributed by atoms with Crippen molar-refractivity contribution >= 4 is 0 Å². The number of hydrogen-bond acceptors (Lipinski definition) is 13. The first-order chi connectivity index (χ1) is 15.7. The predicted molar refractivity (Wildman–Crippen MR) is 107 cm³/mol. The van der Waals surface area contributed by atoms with Crippen molar-refractivity contribution in [1.82, 2.24) is 0 Å². The van der Waals surface area contributed by atoms with Gasteiger partial charge in [0.1, 0.15) is 42.4 Å². The van der Waals surface area contributed by atoms with Crippen LogP contribution in [0.4, 0.5) is 0 Å². The van der Waals surface area contributed by atoms with Gasteiger partial charge in [-0.1, -0.05) is 0 Å². The Morgan fingerprint density at radius 1 is 0.848 bits per heavy atom. The topological polar surface area (TPSA) is 186 Å². The van der Waals surface area contributed by atoms with Crippen molar-refractivity contribution in [2.45, 2.75) is 55.3 Å². The van der Waals surface area contributed by atoms with Crippen molar-refractivity contribution in [3.05, 3.63) is 12.1 Å². The summed E-state index contributed by atoms with van der Waals surface area (Å²) in [5.41, 5.74) is 0. The zero-order chi connectivity index (χ0) is 24.3. The summed E-state index contributed by atoms with van der Waals surface area (Å²) in [6, 6.07) is 2.74. The molecule has 9 atom stereocenters. The lowest BCUT2D eigenvalue weighted by Gasteiger charge is -2.39. The molecule has 33 heavy (non-hydrogen) atoms. The highest BCUT2D eigenvalue weighted by Gasteiger charge is 2.45. The van der Waals surface area contributed by atoms with Crippen molar-refractivity contribution in [3.8, 4) is 23.0 Å². The van der Waals surface area contributed by atoms with E-state index in [0.29, 0.717) is 0 Å². The summed E-state index contributed by atoms with van der Waals surface area (Å²) in [7, 11) is 4.04. The minimum atomic E-state index is -1.62. The summed E-state index contributed by atoms with van der Waals surface area (Å²) in [6.07, 6.45) is -12.0. The lowest BCUT2D eigenvalue weighted by molar-refractivity contribution is -0.277. The molecule has 1 aromatic carbocycles. The molecule has 2 aliphatic rings. The van der Waals surface area contributed by atoms with Crippen LogP contribution in [-0.2, 0) is 14.2 Å². The molecule has 13 nitrogen and oxygen atoms in total. The standard InChI is InChI=1S/C20H30O13/c1-27-10-4-8(31-19-16(26)15(25)14(24)12(6-21)32-19)5-11(28-2)17(10)33-18-13(23)9(22)7-30-20(18)29-3/h4-5,9,12-16,18-26H,6-7H2,1-3H3. The molecule has 0 amide bonds. The number of benzene rings is 1. The molecule has 0 aliphatic carbocycles. The molecule has 1 aromatic rings. The molecule has 2 aliphatic heterocycles. The van der Waals surface area contributed by atoms with Gasteiger partial charge in [-0.2, -0.15) is 0 Å². The zero-order valence-corrected chi connectivity index (χ0v) is 18.3. The van der Waals surface area contributed by atoms with Gasteiger partial charge >= 0.3 is 0 Å². The van der Waals surface area contributed by atoms with Gasteiger partial charge in [0.25, 0.3) is 0 Å². The van der Waals surface area contributed by atoms with Gasteiger partial charge in [0.2, 0.25) is 12.0 Å². The highest BCUT2D eigenvalue weighted by Crippen LogP contribution is 2.43. The molecule has 13 heteroatoms. The molecule has 0 saturated carbocycles. The van der Waals surface area contributed by atoms with Crippen LogP contribution in [0.25, 0.3) is 0 Å². The van der Waals surface area contributed by atoms with Crippen LogP contribution in [0.3, 0.4) is 0 Å². The number of hydrogen-bond donors (Lipinski definition) is 6. The average Bonchev–Trinajstić information content (AvgIpc) is 2.82. The molecular weight excluding hydrogens is 448 g/mol. The summed E-state index contributed by atoms with van der Waals surface area (Å²) in [5, 5.41) is 59.7. The highest BCUT2D eigenvalue weighted by atomic mass is 16.7. The summed E-state index contributed by atoms with van der Waals surface area (Å²) < 4.78 is 38.1.